The molecular formula is C17H17NO3. The van der Waals surface area contributed by atoms with E-state index in [4.69, 9.17) is 0 Å². The Balaban J connectivity index is 1.97. The third-order valence-electron chi connectivity index (χ3n) is 3.19. The van der Waals surface area contributed by atoms with E-state index in [-0.39, 0.29) is 11.7 Å². The molecule has 0 heterocycles. The quantitative estimate of drug-likeness (QED) is 0.829. The van der Waals surface area contributed by atoms with Crippen LogP contribution in [0.2, 0.25) is 0 Å². The van der Waals surface area contributed by atoms with Crippen molar-refractivity contribution in [3.05, 3.63) is 59.2 Å². The van der Waals surface area contributed by atoms with Gasteiger partial charge >= 0.3 is 0 Å². The third kappa shape index (κ3) is 4.18. The number of carbonyl (C=O) groups is 2. The van der Waals surface area contributed by atoms with Gasteiger partial charge in [0.05, 0.1) is 5.69 Å². The molecule has 0 aliphatic rings. The fourth-order valence-corrected chi connectivity index (χ4v) is 2.01. The number of phenolic OH excluding ortho intramolecular Hbond substituents is 1. The number of hydrogen-bond donors (Lipinski definition) is 2. The number of aldehydes is 1. The predicted octanol–water partition coefficient (Wildman–Crippen LogP) is 3.08. The minimum absolute atomic E-state index is 0.142. The van der Waals surface area contributed by atoms with Crippen molar-refractivity contribution >= 4 is 17.9 Å². The molecule has 4 nitrogen and oxygen atoms in total. The smallest absolute Gasteiger partial charge is 0.224 e. The van der Waals surface area contributed by atoms with Crippen molar-refractivity contribution in [2.45, 2.75) is 19.8 Å². The molecule has 108 valence electrons. The van der Waals surface area contributed by atoms with Crippen LogP contribution >= 0.6 is 0 Å². The molecule has 0 saturated carbocycles. The molecule has 0 spiro atoms. The highest BCUT2D eigenvalue weighted by Crippen LogP contribution is 2.17. The monoisotopic (exact) mass is 283 g/mol. The molecule has 0 aliphatic heterocycles. The zero-order chi connectivity index (χ0) is 15.2. The molecular weight excluding hydrogens is 266 g/mol. The second-order valence-electron chi connectivity index (χ2n) is 4.92. The van der Waals surface area contributed by atoms with Gasteiger partial charge in [-0.1, -0.05) is 18.2 Å². The summed E-state index contributed by atoms with van der Waals surface area (Å²) in [5.41, 5.74) is 2.97. The molecule has 0 aliphatic carbocycles. The van der Waals surface area contributed by atoms with E-state index in [2.05, 4.69) is 5.32 Å². The molecule has 0 bridgehead atoms. The molecule has 21 heavy (non-hydrogen) atoms. The molecule has 0 saturated heterocycles. The van der Waals surface area contributed by atoms with Crippen molar-refractivity contribution in [3.8, 4) is 5.75 Å². The van der Waals surface area contributed by atoms with E-state index in [0.29, 0.717) is 24.1 Å². The fraction of sp³-hybridized carbons (Fsp3) is 0.176. The Morgan fingerprint density at radius 1 is 1.19 bits per heavy atom. The summed E-state index contributed by atoms with van der Waals surface area (Å²) in [7, 11) is 0. The van der Waals surface area contributed by atoms with Gasteiger partial charge in [0, 0.05) is 12.0 Å². The van der Waals surface area contributed by atoms with Crippen LogP contribution < -0.4 is 5.32 Å². The van der Waals surface area contributed by atoms with E-state index < -0.39 is 0 Å². The summed E-state index contributed by atoms with van der Waals surface area (Å²) in [6.45, 7) is 1.90. The summed E-state index contributed by atoms with van der Waals surface area (Å²) in [5, 5.41) is 12.0. The first-order chi connectivity index (χ1) is 10.1. The number of benzene rings is 2. The van der Waals surface area contributed by atoms with E-state index >= 15 is 0 Å². The maximum absolute atomic E-state index is 12.0. The maximum atomic E-state index is 12.0. The number of aromatic hydroxyl groups is 1. The van der Waals surface area contributed by atoms with Crippen LogP contribution in [-0.2, 0) is 11.2 Å². The first-order valence-electron chi connectivity index (χ1n) is 6.72. The number of anilines is 1. The van der Waals surface area contributed by atoms with Crippen molar-refractivity contribution in [3.63, 3.8) is 0 Å². The molecule has 2 aromatic carbocycles. The van der Waals surface area contributed by atoms with Gasteiger partial charge in [0.25, 0.3) is 0 Å². The summed E-state index contributed by atoms with van der Waals surface area (Å²) in [5.74, 6) is 0.0652. The Kier molecular flexibility index (Phi) is 4.72. The summed E-state index contributed by atoms with van der Waals surface area (Å²) < 4.78 is 0. The number of nitrogens with one attached hydrogen (secondary N) is 1. The van der Waals surface area contributed by atoms with Gasteiger partial charge in [-0.3, -0.25) is 9.59 Å². The molecule has 0 unspecified atom stereocenters. The maximum Gasteiger partial charge on any atom is 0.224 e. The van der Waals surface area contributed by atoms with E-state index in [0.717, 1.165) is 17.4 Å². The topological polar surface area (TPSA) is 66.4 Å². The second kappa shape index (κ2) is 6.70. The van der Waals surface area contributed by atoms with Crippen LogP contribution in [0.15, 0.2) is 42.5 Å². The molecule has 4 heteroatoms. The lowest BCUT2D eigenvalue weighted by atomic mass is 10.1. The lowest BCUT2D eigenvalue weighted by molar-refractivity contribution is -0.116. The Bertz CT molecular complexity index is 648. The summed E-state index contributed by atoms with van der Waals surface area (Å²) in [6, 6.07) is 12.1. The summed E-state index contributed by atoms with van der Waals surface area (Å²) >= 11 is 0. The summed E-state index contributed by atoms with van der Waals surface area (Å²) in [6.07, 6.45) is 1.63. The van der Waals surface area contributed by atoms with E-state index in [9.17, 15) is 14.7 Å². The first kappa shape index (κ1) is 14.8. The molecule has 2 N–H and O–H groups in total. The van der Waals surface area contributed by atoms with Gasteiger partial charge in [-0.25, -0.2) is 0 Å². The zero-order valence-corrected chi connectivity index (χ0v) is 11.8. The lowest BCUT2D eigenvalue weighted by Crippen LogP contribution is -2.13. The number of hydrogen-bond acceptors (Lipinski definition) is 3. The largest absolute Gasteiger partial charge is 0.508 e. The Hall–Kier alpha value is -2.62. The Morgan fingerprint density at radius 3 is 2.57 bits per heavy atom. The third-order valence-corrected chi connectivity index (χ3v) is 3.19. The zero-order valence-electron chi connectivity index (χ0n) is 11.8. The van der Waals surface area contributed by atoms with E-state index in [1.807, 2.05) is 13.0 Å². The van der Waals surface area contributed by atoms with Crippen LogP contribution in [0.1, 0.15) is 27.9 Å². The normalized spacial score (nSPS) is 10.1. The molecule has 0 aromatic heterocycles. The van der Waals surface area contributed by atoms with Crippen molar-refractivity contribution in [2.24, 2.45) is 0 Å². The van der Waals surface area contributed by atoms with E-state index in [1.165, 1.54) is 0 Å². The molecule has 0 fully saturated rings. The highest BCUT2D eigenvalue weighted by molar-refractivity contribution is 5.96. The average Bonchev–Trinajstić information content (AvgIpc) is 2.47. The lowest BCUT2D eigenvalue weighted by Gasteiger charge is -2.08. The fourth-order valence-electron chi connectivity index (χ4n) is 2.01. The van der Waals surface area contributed by atoms with E-state index in [1.54, 1.807) is 36.4 Å². The highest BCUT2D eigenvalue weighted by Gasteiger charge is 2.07. The summed E-state index contributed by atoms with van der Waals surface area (Å²) in [4.78, 5) is 22.9. The molecule has 0 radical (unpaired) electrons. The van der Waals surface area contributed by atoms with Gasteiger partial charge in [0.15, 0.2) is 6.29 Å². The minimum Gasteiger partial charge on any atom is -0.508 e. The van der Waals surface area contributed by atoms with Crippen molar-refractivity contribution in [1.82, 2.24) is 0 Å². The molecule has 1 amide bonds. The number of rotatable bonds is 5. The molecule has 0 atom stereocenters. The van der Waals surface area contributed by atoms with Gasteiger partial charge in [0.1, 0.15) is 5.75 Å². The van der Waals surface area contributed by atoms with Gasteiger partial charge in [-0.05, 0) is 48.7 Å². The average molecular weight is 283 g/mol. The molecule has 2 rings (SSSR count). The number of amides is 1. The highest BCUT2D eigenvalue weighted by atomic mass is 16.3. The van der Waals surface area contributed by atoms with Crippen molar-refractivity contribution < 1.29 is 14.7 Å². The predicted molar refractivity (Wildman–Crippen MR) is 81.6 cm³/mol. The second-order valence-corrected chi connectivity index (χ2v) is 4.92. The van der Waals surface area contributed by atoms with Crippen molar-refractivity contribution in [1.29, 1.82) is 0 Å². The van der Waals surface area contributed by atoms with Gasteiger partial charge < -0.3 is 10.4 Å². The van der Waals surface area contributed by atoms with Gasteiger partial charge in [-0.15, -0.1) is 0 Å². The number of phenols is 1. The van der Waals surface area contributed by atoms with Crippen LogP contribution in [0.25, 0.3) is 0 Å². The minimum atomic E-state index is -0.142. The van der Waals surface area contributed by atoms with Crippen LogP contribution in [-0.4, -0.2) is 17.3 Å². The van der Waals surface area contributed by atoms with Crippen LogP contribution in [0.4, 0.5) is 5.69 Å². The standard InChI is InChI=1S/C17H17NO3/c1-12-2-6-14(11-19)16(10-12)18-17(21)9-5-13-3-7-15(20)8-4-13/h2-4,6-8,10-11,20H,5,9H2,1H3,(H,18,21). The van der Waals surface area contributed by atoms with Crippen LogP contribution in [0.3, 0.4) is 0 Å². The Morgan fingerprint density at radius 2 is 1.90 bits per heavy atom. The molecule has 2 aromatic rings. The first-order valence-corrected chi connectivity index (χ1v) is 6.72. The Labute approximate surface area is 123 Å². The SMILES string of the molecule is Cc1ccc(C=O)c(NC(=O)CCc2ccc(O)cc2)c1. The van der Waals surface area contributed by atoms with Gasteiger partial charge in [0.2, 0.25) is 5.91 Å². The number of aryl methyl sites for hydroxylation is 2. The van der Waals surface area contributed by atoms with Gasteiger partial charge in [-0.2, -0.15) is 0 Å². The number of carbonyl (C=O) groups excluding carboxylic acids is 2. The van der Waals surface area contributed by atoms with Crippen LogP contribution in [0, 0.1) is 6.92 Å². The van der Waals surface area contributed by atoms with Crippen molar-refractivity contribution in [2.75, 3.05) is 5.32 Å². The van der Waals surface area contributed by atoms with Crippen LogP contribution in [0.5, 0.6) is 5.75 Å².